The number of nitrogens with zero attached hydrogens (tertiary/aromatic N) is 1. The molecule has 1 aromatic carbocycles. The zero-order chi connectivity index (χ0) is 14.2. The fourth-order valence-corrected chi connectivity index (χ4v) is 3.09. The lowest BCUT2D eigenvalue weighted by Gasteiger charge is -2.24. The van der Waals surface area contributed by atoms with Crippen LogP contribution in [-0.4, -0.2) is 4.98 Å². The van der Waals surface area contributed by atoms with E-state index in [1.54, 1.807) is 11.3 Å². The molecular weight excluding hydrogens is 252 g/mol. The van der Waals surface area contributed by atoms with Gasteiger partial charge in [0.05, 0.1) is 11.7 Å². The second-order valence-corrected chi connectivity index (χ2v) is 7.12. The van der Waals surface area contributed by atoms with Gasteiger partial charge in [-0.05, 0) is 24.8 Å². The second kappa shape index (κ2) is 5.06. The van der Waals surface area contributed by atoms with Crippen molar-refractivity contribution in [3.63, 3.8) is 0 Å². The maximum atomic E-state index is 6.27. The van der Waals surface area contributed by atoms with Gasteiger partial charge in [0.1, 0.15) is 5.01 Å². The largest absolute Gasteiger partial charge is 0.322 e. The average molecular weight is 274 g/mol. The van der Waals surface area contributed by atoms with Crippen LogP contribution in [0.25, 0.3) is 11.3 Å². The number of aryl methyl sites for hydroxylation is 2. The van der Waals surface area contributed by atoms with E-state index in [4.69, 9.17) is 10.7 Å². The van der Waals surface area contributed by atoms with E-state index in [2.05, 4.69) is 58.2 Å². The molecular formula is C16H22N2S. The standard InChI is InChI=1S/C16H22N2S/c1-10-6-7-12(11(2)8-10)13-9-19-15(18-13)14(17)16(3,4)5/h6-9,14H,17H2,1-5H3. The van der Waals surface area contributed by atoms with E-state index >= 15 is 0 Å². The molecule has 0 fully saturated rings. The Hall–Kier alpha value is -1.19. The van der Waals surface area contributed by atoms with Crippen molar-refractivity contribution < 1.29 is 0 Å². The van der Waals surface area contributed by atoms with Crippen LogP contribution in [0.3, 0.4) is 0 Å². The molecule has 1 unspecified atom stereocenters. The second-order valence-electron chi connectivity index (χ2n) is 6.23. The molecule has 0 aliphatic carbocycles. The van der Waals surface area contributed by atoms with Gasteiger partial charge in [-0.15, -0.1) is 11.3 Å². The molecule has 1 aromatic heterocycles. The minimum Gasteiger partial charge on any atom is -0.322 e. The van der Waals surface area contributed by atoms with Crippen molar-refractivity contribution in [3.05, 3.63) is 39.7 Å². The Morgan fingerprint density at radius 2 is 1.89 bits per heavy atom. The summed E-state index contributed by atoms with van der Waals surface area (Å²) in [5, 5.41) is 3.13. The maximum absolute atomic E-state index is 6.27. The molecule has 0 radical (unpaired) electrons. The van der Waals surface area contributed by atoms with Gasteiger partial charge < -0.3 is 5.73 Å². The molecule has 0 saturated heterocycles. The Bertz CT molecular complexity index is 579. The number of hydrogen-bond acceptors (Lipinski definition) is 3. The van der Waals surface area contributed by atoms with Gasteiger partial charge in [-0.1, -0.05) is 44.5 Å². The average Bonchev–Trinajstić information content (AvgIpc) is 2.75. The van der Waals surface area contributed by atoms with Crippen LogP contribution in [0.4, 0.5) is 0 Å². The molecule has 2 nitrogen and oxygen atoms in total. The van der Waals surface area contributed by atoms with E-state index in [1.807, 2.05) is 0 Å². The van der Waals surface area contributed by atoms with Crippen molar-refractivity contribution in [2.75, 3.05) is 0 Å². The molecule has 3 heteroatoms. The molecule has 102 valence electrons. The Morgan fingerprint density at radius 3 is 2.47 bits per heavy atom. The highest BCUT2D eigenvalue weighted by atomic mass is 32.1. The molecule has 1 atom stereocenters. The van der Waals surface area contributed by atoms with Gasteiger partial charge in [0.25, 0.3) is 0 Å². The first kappa shape index (κ1) is 14.2. The van der Waals surface area contributed by atoms with Crippen molar-refractivity contribution in [1.82, 2.24) is 4.98 Å². The third kappa shape index (κ3) is 3.04. The van der Waals surface area contributed by atoms with Crippen LogP contribution in [0.1, 0.15) is 42.9 Å². The summed E-state index contributed by atoms with van der Waals surface area (Å²) in [5.74, 6) is 0. The number of aromatic nitrogens is 1. The fourth-order valence-electron chi connectivity index (χ4n) is 2.03. The molecule has 0 saturated carbocycles. The number of benzene rings is 1. The number of thiazole rings is 1. The van der Waals surface area contributed by atoms with Gasteiger partial charge in [-0.25, -0.2) is 4.98 Å². The minimum atomic E-state index is -0.0167. The van der Waals surface area contributed by atoms with Crippen LogP contribution < -0.4 is 5.73 Å². The Kier molecular flexibility index (Phi) is 3.79. The van der Waals surface area contributed by atoms with Gasteiger partial charge in [0.2, 0.25) is 0 Å². The van der Waals surface area contributed by atoms with Gasteiger partial charge in [-0.2, -0.15) is 0 Å². The molecule has 2 rings (SSSR count). The van der Waals surface area contributed by atoms with Gasteiger partial charge >= 0.3 is 0 Å². The first-order valence-electron chi connectivity index (χ1n) is 6.57. The Labute approximate surface area is 119 Å². The lowest BCUT2D eigenvalue weighted by atomic mass is 9.88. The van der Waals surface area contributed by atoms with Crippen LogP contribution in [0.2, 0.25) is 0 Å². The third-order valence-electron chi connectivity index (χ3n) is 3.38. The first-order chi connectivity index (χ1) is 8.79. The smallest absolute Gasteiger partial charge is 0.111 e. The summed E-state index contributed by atoms with van der Waals surface area (Å²) < 4.78 is 0. The van der Waals surface area contributed by atoms with Crippen molar-refractivity contribution in [2.45, 2.75) is 40.7 Å². The summed E-state index contributed by atoms with van der Waals surface area (Å²) >= 11 is 1.66. The molecule has 19 heavy (non-hydrogen) atoms. The van der Waals surface area contributed by atoms with Gasteiger partial charge in [0, 0.05) is 10.9 Å². The van der Waals surface area contributed by atoms with E-state index in [1.165, 1.54) is 16.7 Å². The van der Waals surface area contributed by atoms with E-state index in [9.17, 15) is 0 Å². The van der Waals surface area contributed by atoms with E-state index < -0.39 is 0 Å². The summed E-state index contributed by atoms with van der Waals surface area (Å²) in [6.07, 6.45) is 0. The molecule has 0 aliphatic heterocycles. The zero-order valence-corrected chi connectivity index (χ0v) is 13.1. The Balaban J connectivity index is 2.36. The lowest BCUT2D eigenvalue weighted by Crippen LogP contribution is -2.26. The van der Waals surface area contributed by atoms with Gasteiger partial charge in [0.15, 0.2) is 0 Å². The van der Waals surface area contributed by atoms with Crippen molar-refractivity contribution >= 4 is 11.3 Å². The topological polar surface area (TPSA) is 38.9 Å². The molecule has 0 amide bonds. The normalized spacial score (nSPS) is 13.6. The fraction of sp³-hybridized carbons (Fsp3) is 0.438. The molecule has 1 heterocycles. The summed E-state index contributed by atoms with van der Waals surface area (Å²) in [6.45, 7) is 10.7. The highest BCUT2D eigenvalue weighted by molar-refractivity contribution is 7.10. The molecule has 0 spiro atoms. The van der Waals surface area contributed by atoms with Crippen molar-refractivity contribution in [1.29, 1.82) is 0 Å². The van der Waals surface area contributed by atoms with E-state index in [0.29, 0.717) is 0 Å². The monoisotopic (exact) mass is 274 g/mol. The highest BCUT2D eigenvalue weighted by Crippen LogP contribution is 2.34. The number of rotatable bonds is 2. The Morgan fingerprint density at radius 1 is 1.21 bits per heavy atom. The number of nitrogens with two attached hydrogens (primary N) is 1. The van der Waals surface area contributed by atoms with Crippen LogP contribution in [0.15, 0.2) is 23.6 Å². The maximum Gasteiger partial charge on any atom is 0.111 e. The SMILES string of the molecule is Cc1ccc(-c2csc(C(N)C(C)(C)C)n2)c(C)c1. The van der Waals surface area contributed by atoms with Crippen molar-refractivity contribution in [2.24, 2.45) is 11.1 Å². The third-order valence-corrected chi connectivity index (χ3v) is 4.31. The quantitative estimate of drug-likeness (QED) is 0.877. The summed E-state index contributed by atoms with van der Waals surface area (Å²) in [5.41, 5.74) is 11.1. The van der Waals surface area contributed by atoms with Crippen LogP contribution >= 0.6 is 11.3 Å². The first-order valence-corrected chi connectivity index (χ1v) is 7.45. The predicted octanol–water partition coefficient (Wildman–Crippen LogP) is 4.47. The molecule has 0 bridgehead atoms. The zero-order valence-electron chi connectivity index (χ0n) is 12.3. The number of hydrogen-bond donors (Lipinski definition) is 1. The summed E-state index contributed by atoms with van der Waals surface area (Å²) in [4.78, 5) is 4.73. The van der Waals surface area contributed by atoms with E-state index in [-0.39, 0.29) is 11.5 Å². The predicted molar refractivity (Wildman–Crippen MR) is 83.4 cm³/mol. The molecule has 2 N–H and O–H groups in total. The lowest BCUT2D eigenvalue weighted by molar-refractivity contribution is 0.326. The highest BCUT2D eigenvalue weighted by Gasteiger charge is 2.25. The van der Waals surface area contributed by atoms with Crippen LogP contribution in [0, 0.1) is 19.3 Å². The molecule has 0 aliphatic rings. The minimum absolute atomic E-state index is 0.0167. The van der Waals surface area contributed by atoms with Gasteiger partial charge in [-0.3, -0.25) is 0 Å². The van der Waals surface area contributed by atoms with Crippen molar-refractivity contribution in [3.8, 4) is 11.3 Å². The van der Waals surface area contributed by atoms with Crippen LogP contribution in [-0.2, 0) is 0 Å². The van der Waals surface area contributed by atoms with E-state index in [0.717, 1.165) is 10.7 Å². The van der Waals surface area contributed by atoms with Crippen LogP contribution in [0.5, 0.6) is 0 Å². The summed E-state index contributed by atoms with van der Waals surface area (Å²) in [6, 6.07) is 6.45. The summed E-state index contributed by atoms with van der Waals surface area (Å²) in [7, 11) is 0. The molecule has 2 aromatic rings.